The second kappa shape index (κ2) is 6.57. The summed E-state index contributed by atoms with van der Waals surface area (Å²) in [5, 5.41) is 6.03. The lowest BCUT2D eigenvalue weighted by atomic mass is 10.1. The lowest BCUT2D eigenvalue weighted by Gasteiger charge is -2.20. The molecule has 0 aliphatic rings. The van der Waals surface area contributed by atoms with Crippen LogP contribution in [-0.4, -0.2) is 25.1 Å². The van der Waals surface area contributed by atoms with Gasteiger partial charge >= 0.3 is 0 Å². The van der Waals surface area contributed by atoms with Gasteiger partial charge in [0.25, 0.3) is 5.91 Å². The summed E-state index contributed by atoms with van der Waals surface area (Å²) in [7, 11) is 1.91. The maximum Gasteiger partial charge on any atom is 0.258 e. The Kier molecular flexibility index (Phi) is 5.36. The third kappa shape index (κ3) is 5.75. The van der Waals surface area contributed by atoms with Gasteiger partial charge < -0.3 is 15.4 Å². The van der Waals surface area contributed by atoms with E-state index >= 15 is 0 Å². The Hall–Kier alpha value is -1.55. The Labute approximate surface area is 115 Å². The third-order valence-corrected chi connectivity index (χ3v) is 2.68. The zero-order chi connectivity index (χ0) is 14.5. The second-order valence-electron chi connectivity index (χ2n) is 5.67. The minimum absolute atomic E-state index is 0.0364. The number of carbonyl (C=O) groups is 1. The van der Waals surface area contributed by atoms with E-state index in [2.05, 4.69) is 17.6 Å². The summed E-state index contributed by atoms with van der Waals surface area (Å²) in [6.07, 6.45) is 0. The van der Waals surface area contributed by atoms with Crippen molar-refractivity contribution in [2.45, 2.75) is 39.3 Å². The number of carbonyl (C=O) groups excluding carboxylic acids is 1. The first kappa shape index (κ1) is 15.5. The van der Waals surface area contributed by atoms with Crippen molar-refractivity contribution in [2.24, 2.45) is 0 Å². The van der Waals surface area contributed by atoms with Crippen LogP contribution >= 0.6 is 0 Å². The van der Waals surface area contributed by atoms with Gasteiger partial charge in [0.05, 0.1) is 0 Å². The number of ether oxygens (including phenoxy) is 1. The van der Waals surface area contributed by atoms with Gasteiger partial charge in [0.2, 0.25) is 0 Å². The van der Waals surface area contributed by atoms with Gasteiger partial charge in [-0.25, -0.2) is 0 Å². The zero-order valence-electron chi connectivity index (χ0n) is 12.4. The minimum atomic E-state index is -0.233. The highest BCUT2D eigenvalue weighted by atomic mass is 16.5. The van der Waals surface area contributed by atoms with E-state index in [4.69, 9.17) is 4.74 Å². The molecule has 0 spiro atoms. The molecule has 1 aromatic carbocycles. The number of hydrogen-bond donors (Lipinski definition) is 2. The fourth-order valence-corrected chi connectivity index (χ4v) is 1.64. The molecule has 0 bridgehead atoms. The van der Waals surface area contributed by atoms with E-state index in [1.54, 1.807) is 0 Å². The first-order valence-corrected chi connectivity index (χ1v) is 6.53. The first-order chi connectivity index (χ1) is 8.81. The monoisotopic (exact) mass is 264 g/mol. The van der Waals surface area contributed by atoms with E-state index in [9.17, 15) is 4.79 Å². The van der Waals surface area contributed by atoms with E-state index in [1.807, 2.05) is 52.1 Å². The van der Waals surface area contributed by atoms with Crippen LogP contribution in [0.3, 0.4) is 0 Å². The quantitative estimate of drug-likeness (QED) is 0.857. The van der Waals surface area contributed by atoms with Crippen LogP contribution in [0.2, 0.25) is 0 Å². The molecule has 19 heavy (non-hydrogen) atoms. The first-order valence-electron chi connectivity index (χ1n) is 6.53. The molecule has 1 unspecified atom stereocenters. The largest absolute Gasteiger partial charge is 0.484 e. The van der Waals surface area contributed by atoms with Crippen LogP contribution < -0.4 is 15.4 Å². The Morgan fingerprint density at radius 1 is 1.37 bits per heavy atom. The number of nitrogens with one attached hydrogen (secondary N) is 2. The van der Waals surface area contributed by atoms with Crippen LogP contribution in [0.5, 0.6) is 5.75 Å². The fraction of sp³-hybridized carbons (Fsp3) is 0.533. The van der Waals surface area contributed by atoms with E-state index in [1.165, 1.54) is 0 Å². The molecule has 0 saturated heterocycles. The number of amides is 1. The van der Waals surface area contributed by atoms with Crippen LogP contribution in [0.1, 0.15) is 39.3 Å². The molecule has 0 heterocycles. The van der Waals surface area contributed by atoms with Crippen LogP contribution in [0, 0.1) is 0 Å². The molecule has 2 N–H and O–H groups in total. The van der Waals surface area contributed by atoms with Gasteiger partial charge in [-0.05, 0) is 52.4 Å². The predicted octanol–water partition coefficient (Wildman–Crippen LogP) is 2.26. The SMILES string of the molecule is CNC(C)c1cccc(OCC(=O)NC(C)(C)C)c1. The summed E-state index contributed by atoms with van der Waals surface area (Å²) in [4.78, 5) is 11.7. The molecular formula is C15H24N2O2. The molecule has 0 aliphatic carbocycles. The summed E-state index contributed by atoms with van der Waals surface area (Å²) >= 11 is 0. The smallest absolute Gasteiger partial charge is 0.258 e. The summed E-state index contributed by atoms with van der Waals surface area (Å²) in [6, 6.07) is 8.03. The zero-order valence-corrected chi connectivity index (χ0v) is 12.4. The van der Waals surface area contributed by atoms with Crippen molar-refractivity contribution in [1.82, 2.24) is 10.6 Å². The third-order valence-electron chi connectivity index (χ3n) is 2.68. The lowest BCUT2D eigenvalue weighted by molar-refractivity contribution is -0.124. The molecule has 4 heteroatoms. The average Bonchev–Trinajstić information content (AvgIpc) is 2.34. The number of hydrogen-bond acceptors (Lipinski definition) is 3. The number of benzene rings is 1. The second-order valence-corrected chi connectivity index (χ2v) is 5.67. The molecular weight excluding hydrogens is 240 g/mol. The molecule has 1 aromatic rings. The molecule has 1 amide bonds. The van der Waals surface area contributed by atoms with Crippen LogP contribution in [0.4, 0.5) is 0 Å². The van der Waals surface area contributed by atoms with Gasteiger partial charge in [0, 0.05) is 11.6 Å². The molecule has 0 fully saturated rings. The minimum Gasteiger partial charge on any atom is -0.484 e. The summed E-state index contributed by atoms with van der Waals surface area (Å²) in [6.45, 7) is 7.94. The molecule has 106 valence electrons. The molecule has 1 atom stereocenters. The summed E-state index contributed by atoms with van der Waals surface area (Å²) < 4.78 is 5.51. The van der Waals surface area contributed by atoms with Gasteiger partial charge in [-0.15, -0.1) is 0 Å². The van der Waals surface area contributed by atoms with Crippen molar-refractivity contribution >= 4 is 5.91 Å². The van der Waals surface area contributed by atoms with Gasteiger partial charge in [0.1, 0.15) is 5.75 Å². The molecule has 0 saturated carbocycles. The van der Waals surface area contributed by atoms with Gasteiger partial charge in [-0.3, -0.25) is 4.79 Å². The van der Waals surface area contributed by atoms with Crippen molar-refractivity contribution in [2.75, 3.05) is 13.7 Å². The topological polar surface area (TPSA) is 50.4 Å². The van der Waals surface area contributed by atoms with E-state index in [0.717, 1.165) is 5.56 Å². The van der Waals surface area contributed by atoms with Crippen molar-refractivity contribution in [1.29, 1.82) is 0 Å². The molecule has 1 rings (SSSR count). The van der Waals surface area contributed by atoms with Crippen molar-refractivity contribution in [3.63, 3.8) is 0 Å². The predicted molar refractivity (Wildman–Crippen MR) is 77.3 cm³/mol. The maximum atomic E-state index is 11.7. The van der Waals surface area contributed by atoms with Crippen LogP contribution in [0.15, 0.2) is 24.3 Å². The Morgan fingerprint density at radius 2 is 2.05 bits per heavy atom. The van der Waals surface area contributed by atoms with Gasteiger partial charge in [-0.1, -0.05) is 12.1 Å². The molecule has 4 nitrogen and oxygen atoms in total. The molecule has 0 aromatic heterocycles. The highest BCUT2D eigenvalue weighted by Crippen LogP contribution is 2.18. The van der Waals surface area contributed by atoms with E-state index < -0.39 is 0 Å². The van der Waals surface area contributed by atoms with Gasteiger partial charge in [0.15, 0.2) is 6.61 Å². The maximum absolute atomic E-state index is 11.7. The summed E-state index contributed by atoms with van der Waals surface area (Å²) in [5.74, 6) is 0.600. The van der Waals surface area contributed by atoms with Crippen molar-refractivity contribution in [3.8, 4) is 5.75 Å². The average molecular weight is 264 g/mol. The Morgan fingerprint density at radius 3 is 2.63 bits per heavy atom. The normalized spacial score (nSPS) is 12.9. The van der Waals surface area contributed by atoms with Crippen LogP contribution in [-0.2, 0) is 4.79 Å². The van der Waals surface area contributed by atoms with Crippen LogP contribution in [0.25, 0.3) is 0 Å². The fourth-order valence-electron chi connectivity index (χ4n) is 1.64. The Balaban J connectivity index is 2.56. The summed E-state index contributed by atoms with van der Waals surface area (Å²) in [5.41, 5.74) is 0.902. The standard InChI is InChI=1S/C15H24N2O2/c1-11(16-5)12-7-6-8-13(9-12)19-10-14(18)17-15(2,3)4/h6-9,11,16H,10H2,1-5H3,(H,17,18). The lowest BCUT2D eigenvalue weighted by Crippen LogP contribution is -2.43. The van der Waals surface area contributed by atoms with E-state index in [0.29, 0.717) is 5.75 Å². The Bertz CT molecular complexity index is 424. The van der Waals surface area contributed by atoms with Gasteiger partial charge in [-0.2, -0.15) is 0 Å². The highest BCUT2D eigenvalue weighted by molar-refractivity contribution is 5.78. The molecule has 0 radical (unpaired) electrons. The van der Waals surface area contributed by atoms with Crippen molar-refractivity contribution in [3.05, 3.63) is 29.8 Å². The molecule has 0 aliphatic heterocycles. The van der Waals surface area contributed by atoms with E-state index in [-0.39, 0.29) is 24.1 Å². The van der Waals surface area contributed by atoms with Crippen molar-refractivity contribution < 1.29 is 9.53 Å². The number of rotatable bonds is 5. The highest BCUT2D eigenvalue weighted by Gasteiger charge is 2.14.